The van der Waals surface area contributed by atoms with Crippen molar-refractivity contribution in [3.8, 4) is 0 Å². The number of aromatic nitrogens is 1. The van der Waals surface area contributed by atoms with Gasteiger partial charge in [0.25, 0.3) is 0 Å². The fourth-order valence-corrected chi connectivity index (χ4v) is 3.16. The third-order valence-corrected chi connectivity index (χ3v) is 4.90. The number of para-hydroxylation sites is 1. The Morgan fingerprint density at radius 3 is 2.50 bits per heavy atom. The lowest BCUT2D eigenvalue weighted by molar-refractivity contribution is -0.671. The number of carbonyl (C=O) groups is 2. The van der Waals surface area contributed by atoms with Crippen LogP contribution < -0.4 is 15.2 Å². The monoisotopic (exact) mass is 412 g/mol. The summed E-state index contributed by atoms with van der Waals surface area (Å²) in [6.45, 7) is 11.9. The van der Waals surface area contributed by atoms with Gasteiger partial charge < -0.3 is 10.6 Å². The molecule has 164 valence electrons. The van der Waals surface area contributed by atoms with Crippen molar-refractivity contribution in [3.05, 3.63) is 54.2 Å². The van der Waals surface area contributed by atoms with E-state index in [1.807, 2.05) is 0 Å². The summed E-state index contributed by atoms with van der Waals surface area (Å²) in [5, 5.41) is 6.56. The van der Waals surface area contributed by atoms with Crippen molar-refractivity contribution in [1.29, 1.82) is 0 Å². The van der Waals surface area contributed by atoms with Crippen LogP contribution in [0.5, 0.6) is 0 Å². The van der Waals surface area contributed by atoms with E-state index in [0.717, 1.165) is 19.4 Å². The van der Waals surface area contributed by atoms with Gasteiger partial charge in [-0.05, 0) is 37.8 Å². The number of unbranched alkanes of at least 4 members (excludes halogenated alkanes) is 3. The largest absolute Gasteiger partial charge is 0.359 e. The summed E-state index contributed by atoms with van der Waals surface area (Å²) < 4.78 is 2.41. The Morgan fingerprint density at radius 1 is 1.07 bits per heavy atom. The van der Waals surface area contributed by atoms with Crippen LogP contribution >= 0.6 is 0 Å². The van der Waals surface area contributed by atoms with Gasteiger partial charge in [0.1, 0.15) is 6.54 Å². The Morgan fingerprint density at radius 2 is 1.83 bits per heavy atom. The molecule has 1 aromatic heterocycles. The second-order valence-electron chi connectivity index (χ2n) is 7.43. The molecule has 0 bridgehead atoms. The Hall–Kier alpha value is -2.69. The summed E-state index contributed by atoms with van der Waals surface area (Å²) in [5.41, 5.74) is 3.34. The number of benzene rings is 1. The van der Waals surface area contributed by atoms with E-state index in [9.17, 15) is 9.59 Å². The van der Waals surface area contributed by atoms with Crippen molar-refractivity contribution < 1.29 is 14.2 Å². The van der Waals surface area contributed by atoms with E-state index in [4.69, 9.17) is 0 Å². The standard InChI is InChI=1S/C17H24N.C8H14N2O2/c1-3-5-6-9-13-18-14-12-15(4-2)16-10-7-8-11-17(16)18;1-7(2)8(12)10-5-3-4-9-6-11/h7-8,10-12,14H,3-6,9,13H2,1-2H3;6H,1,3-5H2,2H3,(H,9,11)(H,10,12)/q+1;. The Kier molecular flexibility index (Phi) is 12.8. The van der Waals surface area contributed by atoms with Crippen molar-refractivity contribution in [2.45, 2.75) is 65.8 Å². The minimum Gasteiger partial charge on any atom is -0.359 e. The lowest BCUT2D eigenvalue weighted by atomic mass is 10.1. The number of hydrogen-bond donors (Lipinski definition) is 2. The summed E-state index contributed by atoms with van der Waals surface area (Å²) in [6, 6.07) is 11.1. The lowest BCUT2D eigenvalue weighted by Gasteiger charge is -2.05. The smallest absolute Gasteiger partial charge is 0.246 e. The Bertz CT molecular complexity index is 802. The highest BCUT2D eigenvalue weighted by Gasteiger charge is 2.10. The van der Waals surface area contributed by atoms with Crippen LogP contribution in [0.1, 0.15) is 58.4 Å². The zero-order valence-electron chi connectivity index (χ0n) is 18.9. The molecule has 2 N–H and O–H groups in total. The van der Waals surface area contributed by atoms with Gasteiger partial charge in [-0.1, -0.05) is 45.4 Å². The third-order valence-electron chi connectivity index (χ3n) is 4.90. The molecular weight excluding hydrogens is 374 g/mol. The number of amides is 2. The average molecular weight is 413 g/mol. The number of carbonyl (C=O) groups excluding carboxylic acids is 2. The van der Waals surface area contributed by atoms with Gasteiger partial charge >= 0.3 is 0 Å². The molecule has 5 heteroatoms. The van der Waals surface area contributed by atoms with Gasteiger partial charge in [-0.2, -0.15) is 4.57 Å². The molecule has 1 aromatic carbocycles. The maximum absolute atomic E-state index is 10.9. The van der Waals surface area contributed by atoms with Crippen LogP contribution in [0, 0.1) is 0 Å². The molecule has 2 rings (SSSR count). The number of rotatable bonds is 12. The Balaban J connectivity index is 0.000000329. The van der Waals surface area contributed by atoms with Crippen molar-refractivity contribution in [2.24, 2.45) is 0 Å². The molecule has 0 saturated heterocycles. The maximum atomic E-state index is 10.9. The zero-order valence-corrected chi connectivity index (χ0v) is 18.9. The summed E-state index contributed by atoms with van der Waals surface area (Å²) in [6.07, 6.45) is 10.0. The number of hydrogen-bond acceptors (Lipinski definition) is 2. The molecular formula is C25H38N3O2+. The molecule has 0 aliphatic rings. The van der Waals surface area contributed by atoms with Crippen molar-refractivity contribution in [3.63, 3.8) is 0 Å². The normalized spacial score (nSPS) is 10.1. The van der Waals surface area contributed by atoms with Gasteiger partial charge in [0.05, 0.1) is 0 Å². The first-order chi connectivity index (χ1) is 14.5. The van der Waals surface area contributed by atoms with Crippen LogP contribution in [-0.2, 0) is 22.6 Å². The quantitative estimate of drug-likeness (QED) is 0.239. The molecule has 2 amide bonds. The van der Waals surface area contributed by atoms with Gasteiger partial charge in [-0.15, -0.1) is 0 Å². The third kappa shape index (κ3) is 9.21. The second kappa shape index (κ2) is 15.2. The molecule has 0 aliphatic carbocycles. The summed E-state index contributed by atoms with van der Waals surface area (Å²) in [7, 11) is 0. The summed E-state index contributed by atoms with van der Waals surface area (Å²) in [5.74, 6) is -0.138. The zero-order chi connectivity index (χ0) is 22.2. The molecule has 1 heterocycles. The van der Waals surface area contributed by atoms with E-state index in [2.05, 4.69) is 72.2 Å². The number of aryl methyl sites for hydroxylation is 2. The highest BCUT2D eigenvalue weighted by Crippen LogP contribution is 2.15. The molecule has 0 unspecified atom stereocenters. The number of pyridine rings is 1. The predicted molar refractivity (Wildman–Crippen MR) is 124 cm³/mol. The van der Waals surface area contributed by atoms with Gasteiger partial charge in [0, 0.05) is 42.6 Å². The van der Waals surface area contributed by atoms with E-state index in [1.54, 1.807) is 6.92 Å². The van der Waals surface area contributed by atoms with Gasteiger partial charge in [-0.3, -0.25) is 9.59 Å². The molecule has 30 heavy (non-hydrogen) atoms. The second-order valence-corrected chi connectivity index (χ2v) is 7.43. The van der Waals surface area contributed by atoms with Crippen LogP contribution in [0.4, 0.5) is 0 Å². The molecule has 2 aromatic rings. The van der Waals surface area contributed by atoms with Gasteiger partial charge in [0.15, 0.2) is 6.20 Å². The summed E-state index contributed by atoms with van der Waals surface area (Å²) >= 11 is 0. The molecule has 0 aliphatic heterocycles. The van der Waals surface area contributed by atoms with Crippen molar-refractivity contribution in [1.82, 2.24) is 10.6 Å². The van der Waals surface area contributed by atoms with E-state index in [1.165, 1.54) is 42.1 Å². The van der Waals surface area contributed by atoms with Crippen LogP contribution in [0.15, 0.2) is 48.7 Å². The molecule has 0 saturated carbocycles. The van der Waals surface area contributed by atoms with Crippen LogP contribution in [0.3, 0.4) is 0 Å². The molecule has 0 atom stereocenters. The van der Waals surface area contributed by atoms with Crippen molar-refractivity contribution >= 4 is 23.2 Å². The van der Waals surface area contributed by atoms with E-state index in [0.29, 0.717) is 25.1 Å². The summed E-state index contributed by atoms with van der Waals surface area (Å²) in [4.78, 5) is 20.7. The van der Waals surface area contributed by atoms with Crippen molar-refractivity contribution in [2.75, 3.05) is 13.1 Å². The molecule has 0 radical (unpaired) electrons. The SMILES string of the molecule is C=C(C)C(=O)NCCCNC=O.CCCCCC[n+]1ccc(CC)c2ccccc21. The maximum Gasteiger partial charge on any atom is 0.246 e. The van der Waals surface area contributed by atoms with Crippen LogP contribution in [-0.4, -0.2) is 25.4 Å². The van der Waals surface area contributed by atoms with Crippen LogP contribution in [0.2, 0.25) is 0 Å². The van der Waals surface area contributed by atoms with Crippen LogP contribution in [0.25, 0.3) is 10.9 Å². The fraction of sp³-hybridized carbons (Fsp3) is 0.480. The number of nitrogens with zero attached hydrogens (tertiary/aromatic N) is 1. The molecule has 5 nitrogen and oxygen atoms in total. The number of nitrogens with one attached hydrogen (secondary N) is 2. The average Bonchev–Trinajstić information content (AvgIpc) is 2.76. The predicted octanol–water partition coefficient (Wildman–Crippen LogP) is 4.08. The molecule has 0 fully saturated rings. The highest BCUT2D eigenvalue weighted by molar-refractivity contribution is 5.92. The lowest BCUT2D eigenvalue weighted by Crippen LogP contribution is -2.34. The highest BCUT2D eigenvalue weighted by atomic mass is 16.1. The Labute approximate surface area is 181 Å². The van der Waals surface area contributed by atoms with Gasteiger partial charge in [0.2, 0.25) is 17.8 Å². The first-order valence-electron chi connectivity index (χ1n) is 11.1. The minimum atomic E-state index is -0.138. The van der Waals surface area contributed by atoms with Gasteiger partial charge in [-0.25, -0.2) is 0 Å². The first-order valence-corrected chi connectivity index (χ1v) is 11.1. The molecule has 0 spiro atoms. The minimum absolute atomic E-state index is 0.138. The van der Waals surface area contributed by atoms with E-state index < -0.39 is 0 Å². The topological polar surface area (TPSA) is 62.1 Å². The van der Waals surface area contributed by atoms with E-state index in [-0.39, 0.29) is 5.91 Å². The van der Waals surface area contributed by atoms with E-state index >= 15 is 0 Å². The fourth-order valence-electron chi connectivity index (χ4n) is 3.16. The number of fused-ring (bicyclic) bond motifs is 1. The first kappa shape index (κ1) is 25.3.